The van der Waals surface area contributed by atoms with Crippen molar-refractivity contribution in [3.8, 4) is 0 Å². The number of hydrogen-bond acceptors (Lipinski definition) is 3. The van der Waals surface area contributed by atoms with Crippen molar-refractivity contribution < 1.29 is 8.42 Å². The molecule has 0 aromatic carbocycles. The summed E-state index contributed by atoms with van der Waals surface area (Å²) in [5.74, 6) is 1.08. The van der Waals surface area contributed by atoms with Crippen LogP contribution in [0, 0.1) is 5.92 Å². The van der Waals surface area contributed by atoms with Gasteiger partial charge in [0, 0.05) is 12.6 Å². The van der Waals surface area contributed by atoms with Crippen LogP contribution < -0.4 is 5.32 Å². The van der Waals surface area contributed by atoms with Crippen molar-refractivity contribution in [2.45, 2.75) is 70.6 Å². The summed E-state index contributed by atoms with van der Waals surface area (Å²) in [6.45, 7) is 8.17. The Kier molecular flexibility index (Phi) is 5.66. The van der Waals surface area contributed by atoms with E-state index in [1.54, 1.807) is 20.8 Å². The normalized spacial score (nSPS) is 26.2. The van der Waals surface area contributed by atoms with Crippen LogP contribution in [0.5, 0.6) is 0 Å². The maximum Gasteiger partial charge on any atom is 0.156 e. The molecule has 0 saturated heterocycles. The minimum Gasteiger partial charge on any atom is -0.313 e. The van der Waals surface area contributed by atoms with Crippen LogP contribution in [0.4, 0.5) is 0 Å². The van der Waals surface area contributed by atoms with Crippen molar-refractivity contribution in [2.75, 3.05) is 12.3 Å². The second-order valence-electron chi connectivity index (χ2n) is 6.52. The van der Waals surface area contributed by atoms with E-state index in [9.17, 15) is 8.42 Å². The standard InChI is InChI=1S/C14H29NO2S/c1-5-12-7-6-8-13(11-12)15-9-10-18(16,17)14(2,3)4/h12-13,15H,5-11H2,1-4H3. The second-order valence-corrected chi connectivity index (χ2v) is 9.39. The zero-order valence-electron chi connectivity index (χ0n) is 12.3. The maximum absolute atomic E-state index is 12.0. The van der Waals surface area contributed by atoms with E-state index >= 15 is 0 Å². The molecule has 2 unspecified atom stereocenters. The highest BCUT2D eigenvalue weighted by Crippen LogP contribution is 2.26. The van der Waals surface area contributed by atoms with Gasteiger partial charge in [0.05, 0.1) is 10.5 Å². The summed E-state index contributed by atoms with van der Waals surface area (Å²) in [6, 6.07) is 0.527. The van der Waals surface area contributed by atoms with Crippen molar-refractivity contribution in [2.24, 2.45) is 5.92 Å². The molecule has 0 amide bonds. The van der Waals surface area contributed by atoms with Crippen molar-refractivity contribution in [1.82, 2.24) is 5.32 Å². The van der Waals surface area contributed by atoms with E-state index in [0.29, 0.717) is 12.6 Å². The van der Waals surface area contributed by atoms with E-state index < -0.39 is 14.6 Å². The van der Waals surface area contributed by atoms with Gasteiger partial charge < -0.3 is 5.32 Å². The largest absolute Gasteiger partial charge is 0.313 e. The molecule has 0 aliphatic heterocycles. The fraction of sp³-hybridized carbons (Fsp3) is 1.00. The Labute approximate surface area is 113 Å². The Bertz CT molecular complexity index is 343. The van der Waals surface area contributed by atoms with Gasteiger partial charge in [-0.2, -0.15) is 0 Å². The molecule has 0 heterocycles. The number of rotatable bonds is 5. The predicted molar refractivity (Wildman–Crippen MR) is 77.6 cm³/mol. The molecule has 0 aromatic rings. The van der Waals surface area contributed by atoms with Crippen LogP contribution in [0.25, 0.3) is 0 Å². The molecule has 1 fully saturated rings. The number of hydrogen-bond donors (Lipinski definition) is 1. The highest BCUT2D eigenvalue weighted by Gasteiger charge is 2.28. The fourth-order valence-electron chi connectivity index (χ4n) is 2.55. The Morgan fingerprint density at radius 3 is 2.44 bits per heavy atom. The van der Waals surface area contributed by atoms with Crippen LogP contribution in [0.2, 0.25) is 0 Å². The lowest BCUT2D eigenvalue weighted by Gasteiger charge is -2.29. The zero-order valence-corrected chi connectivity index (χ0v) is 13.1. The molecule has 1 rings (SSSR count). The molecule has 108 valence electrons. The molecule has 0 bridgehead atoms. The Hall–Kier alpha value is -0.0900. The van der Waals surface area contributed by atoms with Gasteiger partial charge >= 0.3 is 0 Å². The van der Waals surface area contributed by atoms with Crippen LogP contribution in [0.1, 0.15) is 59.8 Å². The molecule has 3 nitrogen and oxygen atoms in total. The zero-order chi connectivity index (χ0) is 13.8. The molecule has 0 aromatic heterocycles. The van der Waals surface area contributed by atoms with E-state index in [1.807, 2.05) is 0 Å². The van der Waals surface area contributed by atoms with Crippen molar-refractivity contribution in [3.05, 3.63) is 0 Å². The van der Waals surface area contributed by atoms with E-state index in [-0.39, 0.29) is 5.75 Å². The van der Waals surface area contributed by atoms with Crippen LogP contribution in [0.15, 0.2) is 0 Å². The van der Waals surface area contributed by atoms with E-state index in [1.165, 1.54) is 32.1 Å². The Morgan fingerprint density at radius 2 is 1.89 bits per heavy atom. The first-order valence-corrected chi connectivity index (χ1v) is 8.87. The molecule has 4 heteroatoms. The van der Waals surface area contributed by atoms with Crippen LogP contribution in [0.3, 0.4) is 0 Å². The van der Waals surface area contributed by atoms with Crippen LogP contribution in [-0.2, 0) is 9.84 Å². The molecule has 1 saturated carbocycles. The first-order chi connectivity index (χ1) is 8.26. The summed E-state index contributed by atoms with van der Waals surface area (Å²) in [4.78, 5) is 0. The van der Waals surface area contributed by atoms with Crippen molar-refractivity contribution >= 4 is 9.84 Å². The average molecular weight is 275 g/mol. The third kappa shape index (κ3) is 4.54. The van der Waals surface area contributed by atoms with Gasteiger partial charge in [-0.05, 0) is 39.5 Å². The summed E-state index contributed by atoms with van der Waals surface area (Å²) < 4.78 is 23.3. The minimum atomic E-state index is -2.98. The second kappa shape index (κ2) is 6.38. The minimum absolute atomic E-state index is 0.254. The molecular formula is C14H29NO2S. The molecule has 0 spiro atoms. The first-order valence-electron chi connectivity index (χ1n) is 7.22. The van der Waals surface area contributed by atoms with E-state index in [4.69, 9.17) is 0 Å². The SMILES string of the molecule is CCC1CCCC(NCCS(=O)(=O)C(C)(C)C)C1. The summed E-state index contributed by atoms with van der Waals surface area (Å²) in [6.07, 6.45) is 6.29. The van der Waals surface area contributed by atoms with Gasteiger partial charge in [0.2, 0.25) is 0 Å². The predicted octanol–water partition coefficient (Wildman–Crippen LogP) is 2.76. The van der Waals surface area contributed by atoms with E-state index in [2.05, 4.69) is 12.2 Å². The van der Waals surface area contributed by atoms with Gasteiger partial charge in [-0.15, -0.1) is 0 Å². The first kappa shape index (κ1) is 16.0. The molecular weight excluding hydrogens is 246 g/mol. The van der Waals surface area contributed by atoms with Gasteiger partial charge in [-0.3, -0.25) is 0 Å². The highest BCUT2D eigenvalue weighted by atomic mass is 32.2. The smallest absolute Gasteiger partial charge is 0.156 e. The topological polar surface area (TPSA) is 46.2 Å². The Balaban J connectivity index is 2.34. The summed E-state index contributed by atoms with van der Waals surface area (Å²) in [7, 11) is -2.98. The lowest BCUT2D eigenvalue weighted by molar-refractivity contribution is 0.282. The van der Waals surface area contributed by atoms with Gasteiger partial charge in [-0.1, -0.05) is 26.2 Å². The van der Waals surface area contributed by atoms with Gasteiger partial charge in [0.1, 0.15) is 0 Å². The quantitative estimate of drug-likeness (QED) is 0.839. The van der Waals surface area contributed by atoms with Gasteiger partial charge in [0.25, 0.3) is 0 Å². The molecule has 2 atom stereocenters. The number of sulfone groups is 1. The lowest BCUT2D eigenvalue weighted by Crippen LogP contribution is -2.40. The Morgan fingerprint density at radius 1 is 1.22 bits per heavy atom. The maximum atomic E-state index is 12.0. The average Bonchev–Trinajstić information content (AvgIpc) is 2.27. The van der Waals surface area contributed by atoms with E-state index in [0.717, 1.165) is 5.92 Å². The highest BCUT2D eigenvalue weighted by molar-refractivity contribution is 7.92. The van der Waals surface area contributed by atoms with Gasteiger partial charge in [0.15, 0.2) is 9.84 Å². The van der Waals surface area contributed by atoms with Crippen LogP contribution >= 0.6 is 0 Å². The summed E-state index contributed by atoms with van der Waals surface area (Å²) in [5.41, 5.74) is 0. The van der Waals surface area contributed by atoms with Gasteiger partial charge in [-0.25, -0.2) is 8.42 Å². The number of nitrogens with one attached hydrogen (secondary N) is 1. The molecule has 0 radical (unpaired) electrons. The van der Waals surface area contributed by atoms with Crippen molar-refractivity contribution in [1.29, 1.82) is 0 Å². The molecule has 1 aliphatic rings. The monoisotopic (exact) mass is 275 g/mol. The lowest BCUT2D eigenvalue weighted by atomic mass is 9.84. The van der Waals surface area contributed by atoms with Crippen molar-refractivity contribution in [3.63, 3.8) is 0 Å². The molecule has 1 aliphatic carbocycles. The molecule has 1 N–H and O–H groups in total. The van der Waals surface area contributed by atoms with Crippen LogP contribution in [-0.4, -0.2) is 31.5 Å². The summed E-state index contributed by atoms with van der Waals surface area (Å²) in [5, 5.41) is 3.43. The summed E-state index contributed by atoms with van der Waals surface area (Å²) >= 11 is 0. The third-order valence-electron chi connectivity index (χ3n) is 4.10. The third-order valence-corrected chi connectivity index (χ3v) is 6.70. The molecule has 18 heavy (non-hydrogen) atoms. The fourth-order valence-corrected chi connectivity index (χ4v) is 3.55.